The van der Waals surface area contributed by atoms with Gasteiger partial charge in [0.05, 0.1) is 1.37 Å². The lowest BCUT2D eigenvalue weighted by Crippen LogP contribution is -2.33. The van der Waals surface area contributed by atoms with Gasteiger partial charge in [-0.05, 0) is 12.7 Å². The molecule has 0 fully saturated rings. The maximum absolute atomic E-state index is 10.7. The van der Waals surface area contributed by atoms with Crippen molar-refractivity contribution in [2.75, 3.05) is 6.50 Å². The number of hydrogen-bond acceptors (Lipinski definition) is 3. The van der Waals surface area contributed by atoms with Crippen LogP contribution in [0.25, 0.3) is 0 Å². The molecule has 2 amide bonds. The Bertz CT molecular complexity index is 398. The average molecular weight is 183 g/mol. The second-order valence-corrected chi connectivity index (χ2v) is 1.58. The normalized spacial score (nSPS) is 26.9. The Balaban J connectivity index is 5.75. The second-order valence-electron chi connectivity index (χ2n) is 1.58. The third-order valence-corrected chi connectivity index (χ3v) is 0.676. The summed E-state index contributed by atoms with van der Waals surface area (Å²) in [5.74, 6) is -2.20. The van der Waals surface area contributed by atoms with E-state index in [-0.39, 0.29) is 0 Å². The zero-order chi connectivity index (χ0) is 15.9. The minimum atomic E-state index is -3.68. The second kappa shape index (κ2) is 5.36. The van der Waals surface area contributed by atoms with Crippen LogP contribution < -0.4 is 16.8 Å². The molecule has 0 aliphatic carbocycles. The molecule has 0 spiro atoms. The Morgan fingerprint density at radius 3 is 2.75 bits per heavy atom. The lowest BCUT2D eigenvalue weighted by Gasteiger charge is -2.05. The number of carboxylic acids is 1. The van der Waals surface area contributed by atoms with Gasteiger partial charge in [-0.25, -0.2) is 4.79 Å². The third kappa shape index (κ3) is 5.48. The molecule has 6 nitrogen and oxygen atoms in total. The summed E-state index contributed by atoms with van der Waals surface area (Å²) >= 11 is 0. The van der Waals surface area contributed by atoms with Crippen molar-refractivity contribution in [2.45, 2.75) is 18.8 Å². The quantitative estimate of drug-likeness (QED) is 0.402. The average Bonchev–Trinajstić information content (AvgIpc) is 2.14. The van der Waals surface area contributed by atoms with Crippen LogP contribution in [-0.2, 0) is 4.79 Å². The number of rotatable bonds is 5. The Morgan fingerprint density at radius 1 is 1.75 bits per heavy atom. The van der Waals surface area contributed by atoms with E-state index in [0.717, 1.165) is 0 Å². The highest BCUT2D eigenvalue weighted by Crippen LogP contribution is 1.92. The van der Waals surface area contributed by atoms with Gasteiger partial charge in [0.25, 0.3) is 0 Å². The summed E-state index contributed by atoms with van der Waals surface area (Å²) in [5.41, 5.74) is 9.51. The minimum absolute atomic E-state index is 1.30. The first-order valence-corrected chi connectivity index (χ1v) is 2.71. The van der Waals surface area contributed by atoms with Gasteiger partial charge < -0.3 is 21.9 Å². The standard InChI is InChI=1S/C6H13N3O3/c7-4(5(10)11)2-1-3-9-6(8)12/h4H,1-3,7H2,(H,10,11)(H3,8,9,12)/i1D2,2D2,3+1D2,4D. The van der Waals surface area contributed by atoms with Crippen LogP contribution in [0.15, 0.2) is 0 Å². The number of carbonyl (C=O) groups excluding carboxylic acids is 1. The largest absolute Gasteiger partial charge is 0.480 e. The van der Waals surface area contributed by atoms with Crippen LogP contribution in [0.3, 0.4) is 0 Å². The summed E-state index contributed by atoms with van der Waals surface area (Å²) < 4.78 is 51.0. The first kappa shape index (κ1) is 3.61. The smallest absolute Gasteiger partial charge is 0.320 e. The minimum Gasteiger partial charge on any atom is -0.480 e. The van der Waals surface area contributed by atoms with E-state index in [1.165, 1.54) is 5.32 Å². The molecule has 1 atom stereocenters. The fourth-order valence-electron chi connectivity index (χ4n) is 0.245. The third-order valence-electron chi connectivity index (χ3n) is 0.676. The number of carboxylic acid groups (broad SMARTS) is 1. The Morgan fingerprint density at radius 2 is 2.33 bits per heavy atom. The summed E-state index contributed by atoms with van der Waals surface area (Å²) in [7, 11) is 0. The number of nitrogens with one attached hydrogen (secondary N) is 1. The van der Waals surface area contributed by atoms with Crippen molar-refractivity contribution in [1.82, 2.24) is 5.32 Å². The molecule has 6 heteroatoms. The van der Waals surface area contributed by atoms with E-state index in [1.807, 2.05) is 0 Å². The predicted octanol–water partition coefficient (Wildman–Crippen LogP) is -1.15. The zero-order valence-electron chi connectivity index (χ0n) is 12.9. The number of nitrogens with two attached hydrogens (primary N) is 2. The number of urea groups is 1. The number of primary amides is 1. The zero-order valence-corrected chi connectivity index (χ0v) is 5.92. The van der Waals surface area contributed by atoms with Crippen LogP contribution in [0.1, 0.15) is 22.3 Å². The number of carbonyl (C=O) groups is 2. The highest BCUT2D eigenvalue weighted by Gasteiger charge is 2.09. The Labute approximate surface area is 79.7 Å². The Hall–Kier alpha value is -1.30. The van der Waals surface area contributed by atoms with Gasteiger partial charge in [0, 0.05) is 14.7 Å². The van der Waals surface area contributed by atoms with Gasteiger partial charge in [-0.3, -0.25) is 4.79 Å². The molecule has 1 unspecified atom stereocenters. The van der Waals surface area contributed by atoms with E-state index in [1.54, 1.807) is 0 Å². The Kier molecular flexibility index (Phi) is 1.61. The van der Waals surface area contributed by atoms with Crippen molar-refractivity contribution in [2.24, 2.45) is 11.5 Å². The van der Waals surface area contributed by atoms with Gasteiger partial charge in [0.1, 0.15) is 6.02 Å². The topological polar surface area (TPSA) is 118 Å². The van der Waals surface area contributed by atoms with Crippen molar-refractivity contribution in [3.8, 4) is 0 Å². The molecule has 0 saturated carbocycles. The molecule has 0 heterocycles. The highest BCUT2D eigenvalue weighted by atomic mass is 16.4. The molecule has 6 N–H and O–H groups in total. The maximum Gasteiger partial charge on any atom is 0.320 e. The van der Waals surface area contributed by atoms with Crippen molar-refractivity contribution < 1.29 is 24.3 Å². The fraction of sp³-hybridized carbons (Fsp3) is 0.667. The number of aliphatic carboxylic acids is 1. The van der Waals surface area contributed by atoms with E-state index in [0.29, 0.717) is 0 Å². The van der Waals surface area contributed by atoms with Crippen LogP contribution in [0, 0.1) is 0 Å². The van der Waals surface area contributed by atoms with E-state index in [4.69, 9.17) is 20.4 Å². The first-order chi connectivity index (χ1) is 8.11. The molecule has 70 valence electrons. The van der Waals surface area contributed by atoms with Crippen molar-refractivity contribution >= 4 is 12.0 Å². The maximum atomic E-state index is 10.7. The molecule has 12 heavy (non-hydrogen) atoms. The summed E-state index contributed by atoms with van der Waals surface area (Å²) in [6.45, 7) is -3.39. The van der Waals surface area contributed by atoms with Crippen LogP contribution in [0.2, 0.25) is 0 Å². The molecular weight excluding hydrogens is 163 g/mol. The van der Waals surface area contributed by atoms with Gasteiger partial charge >= 0.3 is 12.0 Å². The van der Waals surface area contributed by atoms with Crippen molar-refractivity contribution in [3.05, 3.63) is 0 Å². The number of amides is 2. The fourth-order valence-corrected chi connectivity index (χ4v) is 0.245. The monoisotopic (exact) mass is 183 g/mol. The van der Waals surface area contributed by atoms with Crippen molar-refractivity contribution in [3.63, 3.8) is 0 Å². The van der Waals surface area contributed by atoms with Gasteiger partial charge in [-0.15, -0.1) is 0 Å². The van der Waals surface area contributed by atoms with E-state index in [9.17, 15) is 9.59 Å². The van der Waals surface area contributed by atoms with Gasteiger partial charge in [-0.2, -0.15) is 0 Å². The van der Waals surface area contributed by atoms with Crippen LogP contribution in [0.5, 0.6) is 0 Å². The van der Waals surface area contributed by atoms with Gasteiger partial charge in [0.15, 0.2) is 0 Å². The molecule has 0 aromatic heterocycles. The van der Waals surface area contributed by atoms with Gasteiger partial charge in [0.2, 0.25) is 0 Å². The summed E-state index contributed by atoms with van der Waals surface area (Å²) in [5, 5.41) is 9.94. The first-order valence-electron chi connectivity index (χ1n) is 6.21. The SMILES string of the molecule is [2H]C(N)(C(=O)O)C([2H])([2H])C([2H])([2H])[13C]([2H])([2H])NC(N)=O. The molecule has 0 bridgehead atoms. The van der Waals surface area contributed by atoms with E-state index in [2.05, 4.69) is 5.73 Å². The predicted molar refractivity (Wildman–Crippen MR) is 42.4 cm³/mol. The van der Waals surface area contributed by atoms with Crippen LogP contribution in [-0.4, -0.2) is 29.6 Å². The summed E-state index contributed by atoms with van der Waals surface area (Å²) in [4.78, 5) is 21.3. The van der Waals surface area contributed by atoms with Gasteiger partial charge in [-0.1, -0.05) is 0 Å². The molecule has 0 aliphatic rings. The summed E-state index contributed by atoms with van der Waals surface area (Å²) in [6, 6.07) is -4.98. The molecule has 0 aromatic rings. The molecule has 0 aliphatic heterocycles. The lowest BCUT2D eigenvalue weighted by atomic mass is 10.2. The van der Waals surface area contributed by atoms with Crippen LogP contribution in [0.4, 0.5) is 4.79 Å². The summed E-state index contributed by atoms with van der Waals surface area (Å²) in [6.07, 6.45) is -7.33. The number of hydrogen-bond donors (Lipinski definition) is 4. The molecule has 0 rings (SSSR count). The molecule has 0 saturated heterocycles. The highest BCUT2D eigenvalue weighted by molar-refractivity contribution is 5.73. The molecular formula is C6H13N3O3. The molecule has 0 aromatic carbocycles. The van der Waals surface area contributed by atoms with Crippen LogP contribution >= 0.6 is 0 Å². The van der Waals surface area contributed by atoms with Crippen molar-refractivity contribution in [1.29, 1.82) is 0 Å². The van der Waals surface area contributed by atoms with E-state index < -0.39 is 37.3 Å². The lowest BCUT2D eigenvalue weighted by molar-refractivity contribution is -0.138. The molecule has 0 radical (unpaired) electrons. The van der Waals surface area contributed by atoms with E-state index >= 15 is 0 Å².